The third-order valence-electron chi connectivity index (χ3n) is 4.29. The van der Waals surface area contributed by atoms with E-state index >= 15 is 0 Å². The van der Waals surface area contributed by atoms with Crippen molar-refractivity contribution in [2.24, 2.45) is 0 Å². The normalized spacial score (nSPS) is 11.1. The lowest BCUT2D eigenvalue weighted by Crippen LogP contribution is -2.33. The van der Waals surface area contributed by atoms with E-state index in [9.17, 15) is 22.8 Å². The molecule has 9 heteroatoms. The number of carbonyl (C=O) groups excluding carboxylic acids is 2. The molecule has 2 amide bonds. The quantitative estimate of drug-likeness (QED) is 0.731. The molecule has 0 aliphatic carbocycles. The summed E-state index contributed by atoms with van der Waals surface area (Å²) < 4.78 is 36.8. The van der Waals surface area contributed by atoms with Crippen molar-refractivity contribution in [3.8, 4) is 0 Å². The Bertz CT molecular complexity index is 863. The van der Waals surface area contributed by atoms with Crippen LogP contribution in [0.5, 0.6) is 0 Å². The minimum absolute atomic E-state index is 0.0187. The van der Waals surface area contributed by atoms with Crippen LogP contribution < -0.4 is 15.5 Å². The molecule has 0 saturated carbocycles. The molecule has 0 atom stereocenters. The van der Waals surface area contributed by atoms with Crippen molar-refractivity contribution in [2.75, 3.05) is 29.9 Å². The monoisotopic (exact) mass is 408 g/mol. The van der Waals surface area contributed by atoms with E-state index in [1.54, 1.807) is 25.1 Å². The second kappa shape index (κ2) is 9.40. The molecule has 0 bridgehead atoms. The number of nitrogens with one attached hydrogen (secondary N) is 2. The van der Waals surface area contributed by atoms with Gasteiger partial charge in [-0.25, -0.2) is 4.98 Å². The summed E-state index contributed by atoms with van der Waals surface area (Å²) in [6.07, 6.45) is -3.04. The second-order valence-electron chi connectivity index (χ2n) is 6.36. The predicted octanol–water partition coefficient (Wildman–Crippen LogP) is 3.78. The van der Waals surface area contributed by atoms with E-state index in [0.717, 1.165) is 18.9 Å². The Balaban J connectivity index is 2.12. The first-order valence-corrected chi connectivity index (χ1v) is 9.12. The number of aryl methyl sites for hydroxylation is 1. The standard InChI is InChI=1S/C20H23F3N4O2/c1-4-27(5-2)17-9-8-15(11-24-17)19(29)26-16-10-14(7-6-13(16)3)18(28)25-12-20(21,22)23/h6-11H,4-5,12H2,1-3H3,(H,25,28)(H,26,29). The third-order valence-corrected chi connectivity index (χ3v) is 4.29. The lowest BCUT2D eigenvalue weighted by Gasteiger charge is -2.19. The number of hydrogen-bond donors (Lipinski definition) is 2. The number of amides is 2. The molecule has 1 heterocycles. The number of nitrogens with zero attached hydrogens (tertiary/aromatic N) is 2. The zero-order chi connectivity index (χ0) is 21.6. The molecule has 2 N–H and O–H groups in total. The van der Waals surface area contributed by atoms with E-state index in [4.69, 9.17) is 0 Å². The molecule has 1 aromatic heterocycles. The molecule has 0 spiro atoms. The summed E-state index contributed by atoms with van der Waals surface area (Å²) in [5, 5.41) is 4.48. The molecular weight excluding hydrogens is 385 g/mol. The van der Waals surface area contributed by atoms with E-state index in [1.165, 1.54) is 18.3 Å². The Morgan fingerprint density at radius 3 is 2.24 bits per heavy atom. The van der Waals surface area contributed by atoms with Gasteiger partial charge < -0.3 is 15.5 Å². The number of aromatic nitrogens is 1. The Morgan fingerprint density at radius 2 is 1.69 bits per heavy atom. The van der Waals surface area contributed by atoms with Crippen molar-refractivity contribution in [3.63, 3.8) is 0 Å². The van der Waals surface area contributed by atoms with Gasteiger partial charge in [-0.05, 0) is 50.6 Å². The fourth-order valence-electron chi connectivity index (χ4n) is 2.63. The van der Waals surface area contributed by atoms with Gasteiger partial charge in [0.05, 0.1) is 5.56 Å². The van der Waals surface area contributed by atoms with Crippen LogP contribution in [0.15, 0.2) is 36.5 Å². The third kappa shape index (κ3) is 6.20. The highest BCUT2D eigenvalue weighted by Crippen LogP contribution is 2.19. The number of anilines is 2. The van der Waals surface area contributed by atoms with Crippen LogP contribution in [0.1, 0.15) is 40.1 Å². The number of alkyl halides is 3. The first kappa shape index (κ1) is 22.2. The van der Waals surface area contributed by atoms with Gasteiger partial charge in [-0.1, -0.05) is 6.07 Å². The zero-order valence-electron chi connectivity index (χ0n) is 16.4. The molecule has 6 nitrogen and oxygen atoms in total. The second-order valence-corrected chi connectivity index (χ2v) is 6.36. The summed E-state index contributed by atoms with van der Waals surface area (Å²) in [5.74, 6) is -0.548. The molecule has 0 aliphatic rings. The number of halogens is 3. The largest absolute Gasteiger partial charge is 0.405 e. The minimum atomic E-state index is -4.50. The first-order chi connectivity index (χ1) is 13.6. The highest BCUT2D eigenvalue weighted by Gasteiger charge is 2.28. The SMILES string of the molecule is CCN(CC)c1ccc(C(=O)Nc2cc(C(=O)NCC(F)(F)F)ccc2C)cn1. The number of rotatable bonds is 7. The van der Waals surface area contributed by atoms with Crippen LogP contribution >= 0.6 is 0 Å². The van der Waals surface area contributed by atoms with Gasteiger partial charge in [0, 0.05) is 30.5 Å². The number of benzene rings is 1. The van der Waals surface area contributed by atoms with Crippen molar-refractivity contribution in [1.82, 2.24) is 10.3 Å². The van der Waals surface area contributed by atoms with Crippen molar-refractivity contribution in [1.29, 1.82) is 0 Å². The van der Waals surface area contributed by atoms with Crippen LogP contribution in [0.2, 0.25) is 0 Å². The molecule has 0 radical (unpaired) electrons. The lowest BCUT2D eigenvalue weighted by molar-refractivity contribution is -0.123. The number of pyridine rings is 1. The van der Waals surface area contributed by atoms with E-state index in [-0.39, 0.29) is 5.56 Å². The summed E-state index contributed by atoms with van der Waals surface area (Å²) in [6.45, 7) is 5.88. The van der Waals surface area contributed by atoms with E-state index in [0.29, 0.717) is 16.8 Å². The van der Waals surface area contributed by atoms with Gasteiger partial charge in [0.25, 0.3) is 11.8 Å². The van der Waals surface area contributed by atoms with Crippen LogP contribution in [0.25, 0.3) is 0 Å². The molecule has 0 saturated heterocycles. The summed E-state index contributed by atoms with van der Waals surface area (Å²) in [7, 11) is 0. The van der Waals surface area contributed by atoms with Gasteiger partial charge in [-0.15, -0.1) is 0 Å². The average Bonchev–Trinajstić information content (AvgIpc) is 2.68. The van der Waals surface area contributed by atoms with Gasteiger partial charge in [-0.3, -0.25) is 9.59 Å². The van der Waals surface area contributed by atoms with Gasteiger partial charge in [-0.2, -0.15) is 13.2 Å². The number of carbonyl (C=O) groups is 2. The summed E-state index contributed by atoms with van der Waals surface area (Å²) in [4.78, 5) is 30.8. The van der Waals surface area contributed by atoms with Crippen LogP contribution in [0, 0.1) is 6.92 Å². The smallest absolute Gasteiger partial charge is 0.357 e. The molecule has 29 heavy (non-hydrogen) atoms. The first-order valence-electron chi connectivity index (χ1n) is 9.12. The molecule has 156 valence electrons. The molecular formula is C20H23F3N4O2. The fraction of sp³-hybridized carbons (Fsp3) is 0.350. The molecule has 0 aliphatic heterocycles. The molecule has 0 unspecified atom stereocenters. The van der Waals surface area contributed by atoms with Crippen molar-refractivity contribution >= 4 is 23.3 Å². The lowest BCUT2D eigenvalue weighted by atomic mass is 10.1. The van der Waals surface area contributed by atoms with E-state index < -0.39 is 24.5 Å². The van der Waals surface area contributed by atoms with E-state index in [1.807, 2.05) is 24.1 Å². The zero-order valence-corrected chi connectivity index (χ0v) is 16.4. The van der Waals surface area contributed by atoms with Gasteiger partial charge in [0.1, 0.15) is 12.4 Å². The van der Waals surface area contributed by atoms with Gasteiger partial charge in [0.2, 0.25) is 0 Å². The van der Waals surface area contributed by atoms with Crippen LogP contribution in [-0.4, -0.2) is 42.6 Å². The maximum atomic E-state index is 12.5. The Morgan fingerprint density at radius 1 is 1.03 bits per heavy atom. The summed E-state index contributed by atoms with van der Waals surface area (Å²) in [5.41, 5.74) is 1.35. The Kier molecular flexibility index (Phi) is 7.19. The molecule has 1 aromatic carbocycles. The predicted molar refractivity (Wildman–Crippen MR) is 105 cm³/mol. The molecule has 2 aromatic rings. The minimum Gasteiger partial charge on any atom is -0.357 e. The van der Waals surface area contributed by atoms with Crippen LogP contribution in [0.3, 0.4) is 0 Å². The Labute approximate surface area is 167 Å². The highest BCUT2D eigenvalue weighted by atomic mass is 19.4. The average molecular weight is 408 g/mol. The van der Waals surface area contributed by atoms with Crippen molar-refractivity contribution < 1.29 is 22.8 Å². The van der Waals surface area contributed by atoms with Crippen LogP contribution in [0.4, 0.5) is 24.7 Å². The van der Waals surface area contributed by atoms with Crippen molar-refractivity contribution in [3.05, 3.63) is 53.2 Å². The topological polar surface area (TPSA) is 74.3 Å². The molecule has 2 rings (SSSR count). The maximum Gasteiger partial charge on any atom is 0.405 e. The fourth-order valence-corrected chi connectivity index (χ4v) is 2.63. The van der Waals surface area contributed by atoms with Crippen molar-refractivity contribution in [2.45, 2.75) is 26.9 Å². The molecule has 0 fully saturated rings. The summed E-state index contributed by atoms with van der Waals surface area (Å²) in [6, 6.07) is 7.69. The summed E-state index contributed by atoms with van der Waals surface area (Å²) >= 11 is 0. The highest BCUT2D eigenvalue weighted by molar-refractivity contribution is 6.05. The van der Waals surface area contributed by atoms with Gasteiger partial charge in [0.15, 0.2) is 0 Å². The number of hydrogen-bond acceptors (Lipinski definition) is 4. The van der Waals surface area contributed by atoms with E-state index in [2.05, 4.69) is 10.3 Å². The van der Waals surface area contributed by atoms with Gasteiger partial charge >= 0.3 is 6.18 Å². The van der Waals surface area contributed by atoms with Crippen LogP contribution in [-0.2, 0) is 0 Å². The Hall–Kier alpha value is -3.10. The maximum absolute atomic E-state index is 12.5.